The summed E-state index contributed by atoms with van der Waals surface area (Å²) in [5.74, 6) is 0. The van der Waals surface area contributed by atoms with E-state index in [1.807, 2.05) is 0 Å². The molecule has 4 heteroatoms. The Morgan fingerprint density at radius 1 is 0.659 bits per heavy atom. The standard InChI is InChI=1S/C23H29.C12H10Si.C5H5.2ClH.Zr/c1-14-9-16-11-17-10-15(2)21(23(6,7)8)13-19(17)18(16)12-20(14)22(3,4)5;1-3-7-11(8-4-1)13-12-9-5-2-6-10-12;1-2-4-5-3-1;;;/h9,12-13H,11H2,1-8H3;1-10H;1-5H;2*1H;/q;;;;;+2/p-2. The number of rotatable bonds is 4. The normalized spacial score (nSPS) is 13.4. The molecule has 2 aliphatic rings. The summed E-state index contributed by atoms with van der Waals surface area (Å²) >= 11 is -2.51. The predicted octanol–water partition coefficient (Wildman–Crippen LogP) is 2.44. The number of hydrogen-bond donors (Lipinski definition) is 0. The van der Waals surface area contributed by atoms with Crippen LogP contribution in [0.3, 0.4) is 0 Å². The second-order valence-electron chi connectivity index (χ2n) is 14.3. The Hall–Kier alpha value is -1.96. The maximum Gasteiger partial charge on any atom is -1.00 e. The van der Waals surface area contributed by atoms with Crippen LogP contribution in [0, 0.1) is 13.8 Å². The third kappa shape index (κ3) is 6.48. The van der Waals surface area contributed by atoms with Gasteiger partial charge in [-0.05, 0) is 0 Å². The summed E-state index contributed by atoms with van der Waals surface area (Å²) in [7, 11) is 0. The van der Waals surface area contributed by atoms with Gasteiger partial charge in [-0.25, -0.2) is 0 Å². The fraction of sp³-hybridized carbons (Fsp3) is 0.300. The molecule has 0 saturated heterocycles. The minimum atomic E-state index is -2.51. The molecule has 2 aliphatic carbocycles. The van der Waals surface area contributed by atoms with Gasteiger partial charge in [-0.3, -0.25) is 0 Å². The van der Waals surface area contributed by atoms with Crippen molar-refractivity contribution in [1.82, 2.24) is 0 Å². The monoisotopic (exact) mass is 712 g/mol. The van der Waals surface area contributed by atoms with E-state index in [0.717, 1.165) is 6.42 Å². The third-order valence-corrected chi connectivity index (χ3v) is 28.8. The number of allylic oxidation sites excluding steroid dienone is 4. The molecule has 0 saturated carbocycles. The average Bonchev–Trinajstić information content (AvgIpc) is 3.59. The van der Waals surface area contributed by atoms with E-state index in [9.17, 15) is 0 Å². The van der Waals surface area contributed by atoms with Crippen LogP contribution in [0.2, 0.25) is 3.63 Å². The first kappa shape index (κ1) is 34.9. The summed E-state index contributed by atoms with van der Waals surface area (Å²) in [6, 6.07) is 30.8. The van der Waals surface area contributed by atoms with E-state index < -0.39 is 25.8 Å². The SMILES string of the molecule is Cc1cc2c(cc1C(C)(C)C)-c1cc(C(C)(C)C)c(C)[c]([Zr+2]([CH]3C=CC=C3)=[Si](c3ccccc3)c3ccccc3)c1C2.[Cl-].[Cl-]. The number of halogens is 2. The summed E-state index contributed by atoms with van der Waals surface area (Å²) in [6.07, 6.45) is 10.8. The van der Waals surface area contributed by atoms with E-state index in [4.69, 9.17) is 0 Å². The first-order valence-electron chi connectivity index (χ1n) is 15.5. The summed E-state index contributed by atoms with van der Waals surface area (Å²) < 4.78 is 2.36. The van der Waals surface area contributed by atoms with Crippen LogP contribution in [0.15, 0.2) is 103 Å². The Morgan fingerprint density at radius 2 is 1.16 bits per heavy atom. The van der Waals surface area contributed by atoms with Gasteiger partial charge in [0, 0.05) is 0 Å². The molecule has 0 aliphatic heterocycles. The number of fused-ring (bicyclic) bond motifs is 3. The van der Waals surface area contributed by atoms with Crippen molar-refractivity contribution in [2.75, 3.05) is 0 Å². The molecule has 0 N–H and O–H groups in total. The van der Waals surface area contributed by atoms with Crippen LogP contribution in [-0.4, -0.2) is 5.43 Å². The first-order valence-corrected chi connectivity index (χ1v) is 23.3. The van der Waals surface area contributed by atoms with E-state index in [0.29, 0.717) is 3.63 Å². The van der Waals surface area contributed by atoms with E-state index in [1.165, 1.54) is 33.4 Å². The summed E-state index contributed by atoms with van der Waals surface area (Å²) in [6.45, 7) is 19.1. The molecule has 0 unspecified atom stereocenters. The Labute approximate surface area is 286 Å². The van der Waals surface area contributed by atoms with Gasteiger partial charge in [0.15, 0.2) is 0 Å². The van der Waals surface area contributed by atoms with Crippen molar-refractivity contribution in [2.24, 2.45) is 0 Å². The number of aryl methyl sites for hydroxylation is 1. The van der Waals surface area contributed by atoms with Crippen molar-refractivity contribution in [3.05, 3.63) is 137 Å². The van der Waals surface area contributed by atoms with Gasteiger partial charge in [0.1, 0.15) is 0 Å². The zero-order valence-corrected chi connectivity index (χ0v) is 32.3. The van der Waals surface area contributed by atoms with Gasteiger partial charge in [0.2, 0.25) is 0 Å². The summed E-state index contributed by atoms with van der Waals surface area (Å²) in [4.78, 5) is 0. The van der Waals surface area contributed by atoms with Crippen molar-refractivity contribution in [1.29, 1.82) is 0 Å². The van der Waals surface area contributed by atoms with Crippen LogP contribution in [0.25, 0.3) is 11.1 Å². The van der Waals surface area contributed by atoms with Crippen LogP contribution in [0.5, 0.6) is 0 Å². The Balaban J connectivity index is 0.00000221. The van der Waals surface area contributed by atoms with Gasteiger partial charge < -0.3 is 24.8 Å². The molecule has 0 atom stereocenters. The molecule has 4 aromatic rings. The molecular formula is C40H44Cl2SiZr. The molecule has 0 nitrogen and oxygen atoms in total. The van der Waals surface area contributed by atoms with E-state index in [1.54, 1.807) is 24.8 Å². The van der Waals surface area contributed by atoms with Gasteiger partial charge >= 0.3 is 263 Å². The molecular weight excluding hydrogens is 671 g/mol. The molecule has 0 heterocycles. The minimum absolute atomic E-state index is 0. The molecule has 0 amide bonds. The second kappa shape index (κ2) is 13.4. The third-order valence-electron chi connectivity index (χ3n) is 9.16. The van der Waals surface area contributed by atoms with Crippen LogP contribution in [0.1, 0.15) is 74.9 Å². The van der Waals surface area contributed by atoms with Crippen molar-refractivity contribution < 1.29 is 45.2 Å². The Kier molecular flexibility index (Phi) is 10.6. The maximum atomic E-state index is 2.60. The fourth-order valence-electron chi connectivity index (χ4n) is 7.34. The molecule has 226 valence electrons. The molecule has 0 aromatic heterocycles. The zero-order valence-electron chi connectivity index (χ0n) is 27.4. The van der Waals surface area contributed by atoms with Crippen LogP contribution in [-0.2, 0) is 37.6 Å². The average molecular weight is 715 g/mol. The molecule has 0 fully saturated rings. The maximum absolute atomic E-state index is 2.60. The second-order valence-corrected chi connectivity index (χ2v) is 27.9. The van der Waals surface area contributed by atoms with Crippen molar-refractivity contribution in [3.63, 3.8) is 0 Å². The molecule has 0 bridgehead atoms. The zero-order chi connectivity index (χ0) is 29.8. The smallest absolute Gasteiger partial charge is 1.00 e. The van der Waals surface area contributed by atoms with Gasteiger partial charge in [0.25, 0.3) is 0 Å². The van der Waals surface area contributed by atoms with Gasteiger partial charge in [-0.15, -0.1) is 0 Å². The van der Waals surface area contributed by atoms with Crippen molar-refractivity contribution >= 4 is 19.1 Å². The quantitative estimate of drug-likeness (QED) is 0.251. The topological polar surface area (TPSA) is 0 Å². The van der Waals surface area contributed by atoms with Crippen molar-refractivity contribution in [2.45, 2.75) is 76.3 Å². The fourth-order valence-corrected chi connectivity index (χ4v) is 29.4. The Bertz CT molecular complexity index is 1720. The summed E-state index contributed by atoms with van der Waals surface area (Å²) in [5, 5.41) is 3.15. The van der Waals surface area contributed by atoms with Gasteiger partial charge in [-0.2, -0.15) is 0 Å². The van der Waals surface area contributed by atoms with Crippen LogP contribution in [0.4, 0.5) is 0 Å². The minimum Gasteiger partial charge on any atom is -1.00 e. The van der Waals surface area contributed by atoms with Gasteiger partial charge in [-0.1, -0.05) is 0 Å². The predicted molar refractivity (Wildman–Crippen MR) is 181 cm³/mol. The van der Waals surface area contributed by atoms with Crippen molar-refractivity contribution in [3.8, 4) is 11.1 Å². The van der Waals surface area contributed by atoms with E-state index >= 15 is 0 Å². The molecule has 4 aromatic carbocycles. The first-order chi connectivity index (χ1) is 19.9. The molecule has 44 heavy (non-hydrogen) atoms. The van der Waals surface area contributed by atoms with Crippen LogP contribution >= 0.6 is 0 Å². The largest absolute Gasteiger partial charge is 1.00 e. The van der Waals surface area contributed by atoms with Crippen LogP contribution < -0.4 is 38.5 Å². The molecule has 6 rings (SSSR count). The molecule has 0 spiro atoms. The van der Waals surface area contributed by atoms with E-state index in [-0.39, 0.29) is 35.6 Å². The number of benzene rings is 4. The number of hydrogen-bond acceptors (Lipinski definition) is 0. The van der Waals surface area contributed by atoms with E-state index in [2.05, 4.69) is 159 Å². The Morgan fingerprint density at radius 3 is 1.66 bits per heavy atom. The van der Waals surface area contributed by atoms with Gasteiger partial charge in [0.05, 0.1) is 0 Å². The molecule has 0 radical (unpaired) electrons. The summed E-state index contributed by atoms with van der Waals surface area (Å²) in [5.41, 5.74) is 11.4.